The highest BCUT2D eigenvalue weighted by Crippen LogP contribution is 2.36. The van der Waals surface area contributed by atoms with Crippen molar-refractivity contribution in [3.05, 3.63) is 40.5 Å². The number of nitrogens with zero attached hydrogens (tertiary/aromatic N) is 3. The van der Waals surface area contributed by atoms with E-state index < -0.39 is 5.79 Å². The number of aromatic hydroxyl groups is 1. The molecule has 0 unspecified atom stereocenters. The molecule has 154 valence electrons. The Kier molecular flexibility index (Phi) is 4.70. The number of aromatic nitrogens is 3. The molecule has 0 bridgehead atoms. The first-order chi connectivity index (χ1) is 14.1. The van der Waals surface area contributed by atoms with Gasteiger partial charge >= 0.3 is 0 Å². The van der Waals surface area contributed by atoms with Gasteiger partial charge in [0.2, 0.25) is 10.8 Å². The summed E-state index contributed by atoms with van der Waals surface area (Å²) in [6.45, 7) is 4.96. The Morgan fingerprint density at radius 2 is 1.90 bits per heavy atom. The summed E-state index contributed by atoms with van der Waals surface area (Å²) in [6, 6.07) is 8.06. The van der Waals surface area contributed by atoms with Gasteiger partial charge in [0.05, 0.1) is 46.3 Å². The molecule has 1 spiro atoms. The summed E-state index contributed by atoms with van der Waals surface area (Å²) in [6.07, 6.45) is 1.69. The Morgan fingerprint density at radius 1 is 1.21 bits per heavy atom. The number of fused-ring (bicyclic) bond motifs is 1. The highest BCUT2D eigenvalue weighted by molar-refractivity contribution is 7.17. The van der Waals surface area contributed by atoms with Crippen LogP contribution in [0.4, 0.5) is 0 Å². The van der Waals surface area contributed by atoms with Gasteiger partial charge in [0.1, 0.15) is 16.5 Å². The number of ether oxygens (including phenoxy) is 3. The zero-order valence-electron chi connectivity index (χ0n) is 16.6. The van der Waals surface area contributed by atoms with Crippen LogP contribution in [0.25, 0.3) is 4.96 Å². The van der Waals surface area contributed by atoms with E-state index in [1.54, 1.807) is 11.6 Å². The zero-order chi connectivity index (χ0) is 20.0. The lowest BCUT2D eigenvalue weighted by Crippen LogP contribution is -3.14. The molecule has 4 heterocycles. The fourth-order valence-corrected chi connectivity index (χ4v) is 5.62. The van der Waals surface area contributed by atoms with Crippen molar-refractivity contribution in [1.29, 1.82) is 0 Å². The molecule has 2 aromatic heterocycles. The van der Waals surface area contributed by atoms with E-state index in [4.69, 9.17) is 14.2 Å². The lowest BCUT2D eigenvalue weighted by Gasteiger charge is -2.38. The van der Waals surface area contributed by atoms with Gasteiger partial charge in [-0.15, -0.1) is 5.10 Å². The smallest absolute Gasteiger partial charge is 0.235 e. The maximum atomic E-state index is 11.0. The first-order valence-corrected chi connectivity index (χ1v) is 10.7. The minimum atomic E-state index is -0.418. The van der Waals surface area contributed by atoms with Gasteiger partial charge in [-0.1, -0.05) is 11.3 Å². The number of piperidine rings is 1. The molecular weight excluding hydrogens is 392 g/mol. The van der Waals surface area contributed by atoms with Crippen LogP contribution in [0.5, 0.6) is 11.6 Å². The molecule has 8 nitrogen and oxygen atoms in total. The van der Waals surface area contributed by atoms with E-state index in [2.05, 4.69) is 22.2 Å². The van der Waals surface area contributed by atoms with Gasteiger partial charge in [-0.3, -0.25) is 0 Å². The van der Waals surface area contributed by atoms with E-state index in [1.807, 2.05) is 19.1 Å². The van der Waals surface area contributed by atoms with Gasteiger partial charge in [0.15, 0.2) is 11.8 Å². The summed E-state index contributed by atoms with van der Waals surface area (Å²) in [5.41, 5.74) is 1.13. The molecule has 1 aromatic carbocycles. The highest BCUT2D eigenvalue weighted by Gasteiger charge is 2.45. The summed E-state index contributed by atoms with van der Waals surface area (Å²) in [5.74, 6) is 1.23. The lowest BCUT2D eigenvalue weighted by atomic mass is 9.97. The number of thiazole rings is 1. The number of aryl methyl sites for hydroxylation is 1. The van der Waals surface area contributed by atoms with Gasteiger partial charge in [-0.25, -0.2) is 4.98 Å². The van der Waals surface area contributed by atoms with Gasteiger partial charge < -0.3 is 24.2 Å². The fraction of sp³-hybridized carbons (Fsp3) is 0.500. The molecule has 0 amide bonds. The third-order valence-corrected chi connectivity index (χ3v) is 6.98. The number of quaternary nitrogens is 1. The molecule has 2 aliphatic rings. The second-order valence-electron chi connectivity index (χ2n) is 7.62. The van der Waals surface area contributed by atoms with E-state index in [1.165, 1.54) is 16.2 Å². The van der Waals surface area contributed by atoms with Gasteiger partial charge in [-0.05, 0) is 31.2 Å². The third-order valence-electron chi connectivity index (χ3n) is 5.89. The first kappa shape index (κ1) is 18.8. The number of nitrogens with one attached hydrogen (secondary N) is 1. The number of hydrogen-bond acceptors (Lipinski definition) is 7. The minimum Gasteiger partial charge on any atom is -0.497 e. The van der Waals surface area contributed by atoms with Crippen molar-refractivity contribution in [2.75, 3.05) is 33.4 Å². The molecule has 3 aromatic rings. The topological polar surface area (TPSA) is 82.6 Å². The molecule has 9 heteroatoms. The summed E-state index contributed by atoms with van der Waals surface area (Å²) in [4.78, 5) is 7.40. The Labute approximate surface area is 172 Å². The SMILES string of the molecule is COc1ccc([C@H](c2sc3nc(C)nn3c2O)[NH+]2CCC3(CC2)OCCO3)cc1. The van der Waals surface area contributed by atoms with E-state index in [9.17, 15) is 5.11 Å². The van der Waals surface area contributed by atoms with Crippen LogP contribution < -0.4 is 9.64 Å². The number of rotatable bonds is 4. The quantitative estimate of drug-likeness (QED) is 0.667. The van der Waals surface area contributed by atoms with E-state index >= 15 is 0 Å². The molecule has 2 saturated heterocycles. The summed E-state index contributed by atoms with van der Waals surface area (Å²) in [7, 11) is 1.66. The monoisotopic (exact) mass is 417 g/mol. The summed E-state index contributed by atoms with van der Waals surface area (Å²) < 4.78 is 18.7. The zero-order valence-corrected chi connectivity index (χ0v) is 17.4. The number of likely N-dealkylation sites (tertiary alicyclic amines) is 1. The number of methoxy groups -OCH3 is 1. The van der Waals surface area contributed by atoms with Crippen molar-refractivity contribution < 1.29 is 24.2 Å². The predicted molar refractivity (Wildman–Crippen MR) is 107 cm³/mol. The normalized spacial score (nSPS) is 20.5. The van der Waals surface area contributed by atoms with Crippen LogP contribution in [0.3, 0.4) is 0 Å². The molecule has 0 aliphatic carbocycles. The Hall–Kier alpha value is -2.20. The van der Waals surface area contributed by atoms with Gasteiger partial charge in [0, 0.05) is 5.56 Å². The standard InChI is InChI=1S/C20H24N4O4S/c1-13-21-19-24(22-13)18(25)17(29-19)16(14-3-5-15(26-2)6-4-14)23-9-7-20(8-10-23)27-11-12-28-20/h3-6,16,25H,7-12H2,1-2H3/p+1/t16-/m1/s1. The molecule has 2 N–H and O–H groups in total. The molecule has 2 fully saturated rings. The molecular formula is C20H25N4O4S+. The van der Waals surface area contributed by atoms with Crippen molar-refractivity contribution in [3.63, 3.8) is 0 Å². The maximum absolute atomic E-state index is 11.0. The largest absolute Gasteiger partial charge is 0.497 e. The van der Waals surface area contributed by atoms with Gasteiger partial charge in [-0.2, -0.15) is 4.52 Å². The lowest BCUT2D eigenvalue weighted by molar-refractivity contribution is -0.933. The van der Waals surface area contributed by atoms with Crippen molar-refractivity contribution in [2.45, 2.75) is 31.6 Å². The Bertz CT molecular complexity index is 1000. The van der Waals surface area contributed by atoms with Crippen LogP contribution >= 0.6 is 11.3 Å². The minimum absolute atomic E-state index is 0.0199. The molecule has 1 atom stereocenters. The van der Waals surface area contributed by atoms with Crippen LogP contribution in [0.1, 0.15) is 35.1 Å². The fourth-order valence-electron chi connectivity index (χ4n) is 4.43. The van der Waals surface area contributed by atoms with Crippen molar-refractivity contribution in [1.82, 2.24) is 14.6 Å². The first-order valence-electron chi connectivity index (χ1n) is 9.90. The molecule has 2 aliphatic heterocycles. The summed E-state index contributed by atoms with van der Waals surface area (Å²) >= 11 is 1.50. The average molecular weight is 418 g/mol. The molecule has 0 saturated carbocycles. The Balaban J connectivity index is 1.51. The molecule has 29 heavy (non-hydrogen) atoms. The summed E-state index contributed by atoms with van der Waals surface area (Å²) in [5, 5.41) is 15.3. The van der Waals surface area contributed by atoms with Crippen LogP contribution in [0.2, 0.25) is 0 Å². The van der Waals surface area contributed by atoms with Crippen LogP contribution in [0.15, 0.2) is 24.3 Å². The van der Waals surface area contributed by atoms with Gasteiger partial charge in [0.25, 0.3) is 0 Å². The maximum Gasteiger partial charge on any atom is 0.235 e. The molecule has 5 rings (SSSR count). The second-order valence-corrected chi connectivity index (χ2v) is 8.62. The van der Waals surface area contributed by atoms with E-state index in [-0.39, 0.29) is 11.9 Å². The second kappa shape index (κ2) is 7.24. The number of benzene rings is 1. The van der Waals surface area contributed by atoms with Crippen molar-refractivity contribution >= 4 is 16.3 Å². The highest BCUT2D eigenvalue weighted by atomic mass is 32.1. The van der Waals surface area contributed by atoms with Crippen LogP contribution in [-0.2, 0) is 9.47 Å². The Morgan fingerprint density at radius 3 is 2.52 bits per heavy atom. The molecule has 0 radical (unpaired) electrons. The van der Waals surface area contributed by atoms with Crippen LogP contribution in [-0.4, -0.2) is 58.9 Å². The third kappa shape index (κ3) is 3.28. The number of hydrogen-bond donors (Lipinski definition) is 2. The average Bonchev–Trinajstić information content (AvgIpc) is 3.42. The van der Waals surface area contributed by atoms with Crippen LogP contribution in [0, 0.1) is 6.92 Å². The van der Waals surface area contributed by atoms with Crippen molar-refractivity contribution in [3.8, 4) is 11.6 Å². The van der Waals surface area contributed by atoms with E-state index in [0.29, 0.717) is 24.0 Å². The van der Waals surface area contributed by atoms with Crippen molar-refractivity contribution in [2.24, 2.45) is 0 Å². The van der Waals surface area contributed by atoms with E-state index in [0.717, 1.165) is 42.1 Å². The predicted octanol–water partition coefficient (Wildman–Crippen LogP) is 1.32.